The average molecular weight is 289 g/mol. The molecule has 0 rings (SSSR count). The van der Waals surface area contributed by atoms with Crippen LogP contribution in [0, 0.1) is 0 Å². The third kappa shape index (κ3) is 9.71. The Morgan fingerprint density at radius 1 is 1.25 bits per heavy atom. The van der Waals surface area contributed by atoms with E-state index in [1.807, 2.05) is 21.1 Å². The molecular weight excluding hydrogens is 262 g/mol. The molecule has 20 heavy (non-hydrogen) atoms. The van der Waals surface area contributed by atoms with Crippen LogP contribution < -0.4 is 16.6 Å². The van der Waals surface area contributed by atoms with E-state index in [2.05, 4.69) is 0 Å². The molecule has 0 fully saturated rings. The topological polar surface area (TPSA) is 118 Å². The van der Waals surface area contributed by atoms with Gasteiger partial charge in [0.15, 0.2) is 6.10 Å². The smallest absolute Gasteiger partial charge is 0.323 e. The molecule has 7 heteroatoms. The lowest BCUT2D eigenvalue weighted by Crippen LogP contribution is -2.46. The van der Waals surface area contributed by atoms with Crippen molar-refractivity contribution < 1.29 is 23.9 Å². The minimum atomic E-state index is -1.24. The molecule has 4 N–H and O–H groups in total. The molecule has 0 spiro atoms. The molecule has 1 unspecified atom stereocenters. The van der Waals surface area contributed by atoms with Crippen molar-refractivity contribution in [2.24, 2.45) is 11.5 Å². The van der Waals surface area contributed by atoms with Gasteiger partial charge >= 0.3 is 5.97 Å². The summed E-state index contributed by atoms with van der Waals surface area (Å²) in [5.74, 6) is -1.81. The number of carbonyl (C=O) groups excluding carboxylic acids is 2. The maximum Gasteiger partial charge on any atom is 0.323 e. The molecule has 0 aromatic carbocycles. The zero-order valence-corrected chi connectivity index (χ0v) is 12.6. The molecule has 0 saturated heterocycles. The van der Waals surface area contributed by atoms with Gasteiger partial charge in [-0.1, -0.05) is 6.42 Å². The van der Waals surface area contributed by atoms with Crippen LogP contribution in [-0.4, -0.2) is 62.8 Å². The van der Waals surface area contributed by atoms with Crippen LogP contribution in [0.1, 0.15) is 25.7 Å². The van der Waals surface area contributed by atoms with E-state index in [0.29, 0.717) is 24.0 Å². The minimum Gasteiger partial charge on any atom is -0.550 e. The number of nitrogens with zero attached hydrogens (tertiary/aromatic N) is 1. The summed E-state index contributed by atoms with van der Waals surface area (Å²) < 4.78 is 5.68. The Morgan fingerprint density at radius 3 is 2.30 bits per heavy atom. The monoisotopic (exact) mass is 289 g/mol. The summed E-state index contributed by atoms with van der Waals surface area (Å²) in [4.78, 5) is 22.5. The first-order chi connectivity index (χ1) is 9.15. The van der Waals surface area contributed by atoms with Crippen LogP contribution in [-0.2, 0) is 14.3 Å². The van der Waals surface area contributed by atoms with Gasteiger partial charge < -0.3 is 30.6 Å². The van der Waals surface area contributed by atoms with Gasteiger partial charge in [0.25, 0.3) is 0 Å². The highest BCUT2D eigenvalue weighted by molar-refractivity contribution is 5.76. The maximum absolute atomic E-state index is 11.8. The van der Waals surface area contributed by atoms with E-state index in [1.54, 1.807) is 0 Å². The lowest BCUT2D eigenvalue weighted by molar-refractivity contribution is -0.873. The molecule has 0 aromatic heterocycles. The maximum atomic E-state index is 11.8. The van der Waals surface area contributed by atoms with Crippen LogP contribution in [0.25, 0.3) is 0 Å². The van der Waals surface area contributed by atoms with E-state index in [-0.39, 0.29) is 6.42 Å². The summed E-state index contributed by atoms with van der Waals surface area (Å²) in [5.41, 5.74) is 11.1. The van der Waals surface area contributed by atoms with E-state index in [0.717, 1.165) is 12.8 Å². The van der Waals surface area contributed by atoms with Gasteiger partial charge in [0.2, 0.25) is 0 Å². The second-order valence-electron chi connectivity index (χ2n) is 6.00. The molecule has 0 aromatic rings. The van der Waals surface area contributed by atoms with Gasteiger partial charge in [-0.3, -0.25) is 4.79 Å². The normalized spacial score (nSPS) is 14.7. The fourth-order valence-electron chi connectivity index (χ4n) is 1.82. The predicted octanol–water partition coefficient (Wildman–Crippen LogP) is -1.80. The standard InChI is InChI=1S/C13H27N3O4/c1-16(2,3)9-10(8-12(17)18)20-13(19)11(15)6-4-5-7-14/h10-11H,4-9,14-15H2,1-3H3/t10-,11?/m1/s1. The molecule has 0 amide bonds. The molecular formula is C13H27N3O4. The van der Waals surface area contributed by atoms with Crippen LogP contribution >= 0.6 is 0 Å². The third-order valence-electron chi connectivity index (χ3n) is 2.70. The zero-order chi connectivity index (χ0) is 15.8. The molecule has 0 heterocycles. The summed E-state index contributed by atoms with van der Waals surface area (Å²) >= 11 is 0. The number of rotatable bonds is 10. The highest BCUT2D eigenvalue weighted by Gasteiger charge is 2.25. The molecule has 7 nitrogen and oxygen atoms in total. The SMILES string of the molecule is C[N+](C)(C)C[C@@H](CC(=O)[O-])OC(=O)C(N)CCCCN. The molecule has 0 saturated carbocycles. The number of hydrogen-bond acceptors (Lipinski definition) is 6. The number of hydrogen-bond donors (Lipinski definition) is 2. The molecule has 2 atom stereocenters. The van der Waals surface area contributed by atoms with Crippen LogP contribution in [0.15, 0.2) is 0 Å². The number of quaternary nitrogens is 1. The van der Waals surface area contributed by atoms with Crippen molar-refractivity contribution in [2.75, 3.05) is 34.2 Å². The molecule has 0 radical (unpaired) electrons. The van der Waals surface area contributed by atoms with Gasteiger partial charge in [-0.25, -0.2) is 0 Å². The highest BCUT2D eigenvalue weighted by atomic mass is 16.5. The number of carboxylic acids is 1. The van der Waals surface area contributed by atoms with Crippen LogP contribution in [0.3, 0.4) is 0 Å². The Labute approximate surface area is 120 Å². The fraction of sp³-hybridized carbons (Fsp3) is 0.846. The number of esters is 1. The second-order valence-corrected chi connectivity index (χ2v) is 6.00. The highest BCUT2D eigenvalue weighted by Crippen LogP contribution is 2.08. The van der Waals surface area contributed by atoms with E-state index in [4.69, 9.17) is 16.2 Å². The Hall–Kier alpha value is -1.18. The summed E-state index contributed by atoms with van der Waals surface area (Å²) in [5, 5.41) is 10.7. The Morgan fingerprint density at radius 2 is 1.85 bits per heavy atom. The van der Waals surface area contributed by atoms with E-state index < -0.39 is 24.1 Å². The summed E-state index contributed by atoms with van der Waals surface area (Å²) in [6.45, 7) is 0.936. The predicted molar refractivity (Wildman–Crippen MR) is 73.3 cm³/mol. The van der Waals surface area contributed by atoms with Crippen LogP contribution in [0.4, 0.5) is 0 Å². The van der Waals surface area contributed by atoms with Crippen LogP contribution in [0.5, 0.6) is 0 Å². The van der Waals surface area contributed by atoms with E-state index >= 15 is 0 Å². The summed E-state index contributed by atoms with van der Waals surface area (Å²) in [6.07, 6.45) is 0.971. The Bertz CT molecular complexity index is 315. The Balaban J connectivity index is 4.40. The van der Waals surface area contributed by atoms with Crippen molar-refractivity contribution >= 4 is 11.9 Å². The van der Waals surface area contributed by atoms with Gasteiger partial charge in [0, 0.05) is 12.4 Å². The van der Waals surface area contributed by atoms with Crippen molar-refractivity contribution in [3.05, 3.63) is 0 Å². The molecule has 0 aliphatic carbocycles. The van der Waals surface area contributed by atoms with Crippen molar-refractivity contribution in [3.63, 3.8) is 0 Å². The van der Waals surface area contributed by atoms with Gasteiger partial charge in [-0.15, -0.1) is 0 Å². The molecule has 0 aliphatic heterocycles. The number of carboxylic acid groups (broad SMARTS) is 1. The van der Waals surface area contributed by atoms with Crippen molar-refractivity contribution in [1.82, 2.24) is 0 Å². The number of nitrogens with two attached hydrogens (primary N) is 2. The summed E-state index contributed by atoms with van der Waals surface area (Å²) in [7, 11) is 5.66. The van der Waals surface area contributed by atoms with Gasteiger partial charge in [-0.2, -0.15) is 0 Å². The lowest BCUT2D eigenvalue weighted by Gasteiger charge is -2.29. The number of ether oxygens (including phenoxy) is 1. The number of likely N-dealkylation sites (N-methyl/N-ethyl adjacent to an activating group) is 1. The van der Waals surface area contributed by atoms with E-state index in [9.17, 15) is 14.7 Å². The number of carbonyl (C=O) groups is 2. The first-order valence-corrected chi connectivity index (χ1v) is 6.82. The zero-order valence-electron chi connectivity index (χ0n) is 12.6. The van der Waals surface area contributed by atoms with Crippen LogP contribution in [0.2, 0.25) is 0 Å². The fourth-order valence-corrected chi connectivity index (χ4v) is 1.82. The second kappa shape index (κ2) is 8.89. The summed E-state index contributed by atoms with van der Waals surface area (Å²) in [6, 6.07) is -0.738. The molecule has 118 valence electrons. The van der Waals surface area contributed by atoms with Crippen molar-refractivity contribution in [3.8, 4) is 0 Å². The van der Waals surface area contributed by atoms with Gasteiger partial charge in [0.1, 0.15) is 12.6 Å². The van der Waals surface area contributed by atoms with Gasteiger partial charge in [-0.05, 0) is 19.4 Å². The minimum absolute atomic E-state index is 0.323. The quantitative estimate of drug-likeness (QED) is 0.278. The first-order valence-electron chi connectivity index (χ1n) is 6.82. The molecule has 0 bridgehead atoms. The largest absolute Gasteiger partial charge is 0.550 e. The number of aliphatic carboxylic acids is 1. The van der Waals surface area contributed by atoms with E-state index in [1.165, 1.54) is 0 Å². The van der Waals surface area contributed by atoms with Gasteiger partial charge in [0.05, 0.1) is 21.1 Å². The average Bonchev–Trinajstić information content (AvgIpc) is 2.25. The molecule has 0 aliphatic rings. The Kier molecular flexibility index (Phi) is 8.36. The first kappa shape index (κ1) is 18.8. The number of unbranched alkanes of at least 4 members (excludes halogenated alkanes) is 1. The third-order valence-corrected chi connectivity index (χ3v) is 2.70. The lowest BCUT2D eigenvalue weighted by atomic mass is 10.1. The van der Waals surface area contributed by atoms with Crippen molar-refractivity contribution in [1.29, 1.82) is 0 Å². The van der Waals surface area contributed by atoms with Crippen molar-refractivity contribution in [2.45, 2.75) is 37.8 Å².